The monoisotopic (exact) mass is 332 g/mol. The third-order valence-corrected chi connectivity index (χ3v) is 3.94. The van der Waals surface area contributed by atoms with Crippen molar-refractivity contribution in [3.05, 3.63) is 35.4 Å². The van der Waals surface area contributed by atoms with Crippen LogP contribution in [-0.2, 0) is 9.59 Å². The lowest BCUT2D eigenvalue weighted by atomic mass is 10.1. The predicted molar refractivity (Wildman–Crippen MR) is 85.5 cm³/mol. The van der Waals surface area contributed by atoms with E-state index in [1.807, 2.05) is 0 Å². The number of hydrogen-bond acceptors (Lipinski definition) is 4. The molecule has 0 saturated heterocycles. The van der Waals surface area contributed by atoms with E-state index in [2.05, 4.69) is 0 Å². The summed E-state index contributed by atoms with van der Waals surface area (Å²) in [7, 11) is 0. The molecule has 0 unspecified atom stereocenters. The van der Waals surface area contributed by atoms with E-state index in [4.69, 9.17) is 5.11 Å². The van der Waals surface area contributed by atoms with E-state index < -0.39 is 17.8 Å². The predicted octanol–water partition coefficient (Wildman–Crippen LogP) is 1.38. The number of benzene rings is 1. The fourth-order valence-corrected chi connectivity index (χ4v) is 2.68. The summed E-state index contributed by atoms with van der Waals surface area (Å²) >= 11 is 0. The van der Waals surface area contributed by atoms with Crippen LogP contribution in [0.5, 0.6) is 0 Å². The number of hydrogen-bond donors (Lipinski definition) is 1. The third-order valence-electron chi connectivity index (χ3n) is 3.94. The van der Waals surface area contributed by atoms with Crippen LogP contribution in [0.2, 0.25) is 0 Å². The summed E-state index contributed by atoms with van der Waals surface area (Å²) in [6, 6.07) is 6.39. The van der Waals surface area contributed by atoms with Crippen molar-refractivity contribution in [3.63, 3.8) is 0 Å². The smallest absolute Gasteiger partial charge is 0.305 e. The molecule has 0 saturated carbocycles. The zero-order valence-corrected chi connectivity index (χ0v) is 13.7. The van der Waals surface area contributed by atoms with Gasteiger partial charge in [0.15, 0.2) is 0 Å². The molecule has 0 fully saturated rings. The maximum absolute atomic E-state index is 12.3. The minimum atomic E-state index is -0.978. The molecule has 1 N–H and O–H groups in total. The van der Waals surface area contributed by atoms with Gasteiger partial charge in [0.2, 0.25) is 5.91 Å². The lowest BCUT2D eigenvalue weighted by Crippen LogP contribution is -2.41. The number of nitrogens with zero attached hydrogens (tertiary/aromatic N) is 2. The van der Waals surface area contributed by atoms with Crippen LogP contribution in [0.25, 0.3) is 0 Å². The largest absolute Gasteiger partial charge is 0.481 e. The number of carboxylic acids is 1. The summed E-state index contributed by atoms with van der Waals surface area (Å²) in [6.07, 6.45) is -0.166. The van der Waals surface area contributed by atoms with Gasteiger partial charge in [-0.2, -0.15) is 0 Å². The molecular formula is C17H20N2O5. The van der Waals surface area contributed by atoms with E-state index in [1.54, 1.807) is 38.1 Å². The zero-order valence-electron chi connectivity index (χ0n) is 13.7. The molecule has 24 heavy (non-hydrogen) atoms. The molecule has 1 aromatic rings. The van der Waals surface area contributed by atoms with Gasteiger partial charge in [-0.15, -0.1) is 0 Å². The van der Waals surface area contributed by atoms with Crippen molar-refractivity contribution in [2.45, 2.75) is 32.7 Å². The van der Waals surface area contributed by atoms with E-state index in [0.29, 0.717) is 11.1 Å². The molecule has 7 heteroatoms. The van der Waals surface area contributed by atoms with E-state index in [9.17, 15) is 19.2 Å². The Bertz CT molecular complexity index is 648. The van der Waals surface area contributed by atoms with Gasteiger partial charge in [0.05, 0.1) is 17.5 Å². The van der Waals surface area contributed by atoms with Crippen LogP contribution in [0.1, 0.15) is 47.4 Å². The Morgan fingerprint density at radius 3 is 2.08 bits per heavy atom. The van der Waals surface area contributed by atoms with Crippen molar-refractivity contribution in [3.8, 4) is 0 Å². The summed E-state index contributed by atoms with van der Waals surface area (Å²) < 4.78 is 0. The quantitative estimate of drug-likeness (QED) is 0.761. The molecule has 7 nitrogen and oxygen atoms in total. The van der Waals surface area contributed by atoms with Crippen molar-refractivity contribution in [2.75, 3.05) is 13.1 Å². The number of amides is 3. The Morgan fingerprint density at radius 1 is 1.08 bits per heavy atom. The average Bonchev–Trinajstić information content (AvgIpc) is 2.77. The van der Waals surface area contributed by atoms with Crippen molar-refractivity contribution in [2.24, 2.45) is 0 Å². The van der Waals surface area contributed by atoms with Crippen molar-refractivity contribution in [1.82, 2.24) is 9.80 Å². The number of rotatable bonds is 7. The molecule has 128 valence electrons. The number of fused-ring (bicyclic) bond motifs is 1. The Labute approximate surface area is 139 Å². The zero-order chi connectivity index (χ0) is 17.9. The molecule has 1 aliphatic heterocycles. The fourth-order valence-electron chi connectivity index (χ4n) is 2.68. The highest BCUT2D eigenvalue weighted by atomic mass is 16.4. The topological polar surface area (TPSA) is 95.0 Å². The normalized spacial score (nSPS) is 13.4. The van der Waals surface area contributed by atoms with E-state index in [-0.39, 0.29) is 37.9 Å². The molecule has 1 heterocycles. The van der Waals surface area contributed by atoms with Gasteiger partial charge >= 0.3 is 5.97 Å². The second-order valence-electron chi connectivity index (χ2n) is 5.88. The summed E-state index contributed by atoms with van der Waals surface area (Å²) in [5.41, 5.74) is 0.697. The van der Waals surface area contributed by atoms with E-state index in [0.717, 1.165) is 4.90 Å². The van der Waals surface area contributed by atoms with Gasteiger partial charge in [0.25, 0.3) is 11.8 Å². The molecule has 0 bridgehead atoms. The summed E-state index contributed by atoms with van der Waals surface area (Å²) in [5.74, 6) is -2.05. The number of aliphatic carboxylic acids is 1. The SMILES string of the molecule is CC(C)N(CCC(=O)O)C(=O)CCN1C(=O)c2ccccc2C1=O. The number of imide groups is 1. The van der Waals surface area contributed by atoms with Crippen LogP contribution in [0, 0.1) is 0 Å². The molecule has 2 rings (SSSR count). The van der Waals surface area contributed by atoms with Crippen molar-refractivity contribution >= 4 is 23.7 Å². The summed E-state index contributed by atoms with van der Waals surface area (Å²) in [6.45, 7) is 3.68. The minimum absolute atomic E-state index is 0.0124. The van der Waals surface area contributed by atoms with Crippen LogP contribution in [0.15, 0.2) is 24.3 Å². The van der Waals surface area contributed by atoms with Gasteiger partial charge in [0.1, 0.15) is 0 Å². The number of carbonyl (C=O) groups is 4. The molecule has 1 aliphatic rings. The van der Waals surface area contributed by atoms with Gasteiger partial charge in [0, 0.05) is 25.6 Å². The standard InChI is InChI=1S/C17H20N2O5/c1-11(2)18(10-8-15(21)22)14(20)7-9-19-16(23)12-5-3-4-6-13(12)17(19)24/h3-6,11H,7-10H2,1-2H3,(H,21,22). The first-order chi connectivity index (χ1) is 11.3. The maximum Gasteiger partial charge on any atom is 0.305 e. The molecule has 0 spiro atoms. The Kier molecular flexibility index (Phi) is 5.33. The lowest BCUT2D eigenvalue weighted by molar-refractivity contribution is -0.139. The molecule has 3 amide bonds. The van der Waals surface area contributed by atoms with Crippen molar-refractivity contribution in [1.29, 1.82) is 0 Å². The summed E-state index contributed by atoms with van der Waals surface area (Å²) in [5, 5.41) is 8.76. The van der Waals surface area contributed by atoms with Gasteiger partial charge in [-0.1, -0.05) is 12.1 Å². The van der Waals surface area contributed by atoms with E-state index in [1.165, 1.54) is 4.90 Å². The highest BCUT2D eigenvalue weighted by molar-refractivity contribution is 6.21. The van der Waals surface area contributed by atoms with E-state index >= 15 is 0 Å². The molecule has 0 atom stereocenters. The van der Waals surface area contributed by atoms with Gasteiger partial charge in [-0.25, -0.2) is 0 Å². The van der Waals surface area contributed by atoms with Gasteiger partial charge in [-0.3, -0.25) is 24.1 Å². The van der Waals surface area contributed by atoms with Crippen LogP contribution >= 0.6 is 0 Å². The third kappa shape index (κ3) is 3.61. The van der Waals surface area contributed by atoms with Gasteiger partial charge < -0.3 is 10.0 Å². The highest BCUT2D eigenvalue weighted by Gasteiger charge is 2.35. The minimum Gasteiger partial charge on any atom is -0.481 e. The highest BCUT2D eigenvalue weighted by Crippen LogP contribution is 2.22. The number of carboxylic acid groups (broad SMARTS) is 1. The molecule has 0 aromatic heterocycles. The first-order valence-electron chi connectivity index (χ1n) is 7.79. The molecule has 0 radical (unpaired) electrons. The fraction of sp³-hybridized carbons (Fsp3) is 0.412. The Morgan fingerprint density at radius 2 is 1.62 bits per heavy atom. The molecular weight excluding hydrogens is 312 g/mol. The summed E-state index contributed by atoms with van der Waals surface area (Å²) in [4.78, 5) is 50.0. The molecule has 1 aromatic carbocycles. The molecule has 0 aliphatic carbocycles. The Hall–Kier alpha value is -2.70. The number of carbonyl (C=O) groups excluding carboxylic acids is 3. The van der Waals surface area contributed by atoms with Crippen molar-refractivity contribution < 1.29 is 24.3 Å². The Balaban J connectivity index is 2.00. The van der Waals surface area contributed by atoms with Crippen LogP contribution in [-0.4, -0.2) is 57.7 Å². The average molecular weight is 332 g/mol. The second kappa shape index (κ2) is 7.25. The van der Waals surface area contributed by atoms with Crippen LogP contribution < -0.4 is 0 Å². The maximum atomic E-state index is 12.3. The van der Waals surface area contributed by atoms with Crippen LogP contribution in [0.4, 0.5) is 0 Å². The first-order valence-corrected chi connectivity index (χ1v) is 7.79. The van der Waals surface area contributed by atoms with Crippen LogP contribution in [0.3, 0.4) is 0 Å². The lowest BCUT2D eigenvalue weighted by Gasteiger charge is -2.27. The second-order valence-corrected chi connectivity index (χ2v) is 5.88. The first kappa shape index (κ1) is 17.7. The van der Waals surface area contributed by atoms with Gasteiger partial charge in [-0.05, 0) is 26.0 Å².